The topological polar surface area (TPSA) is 50.4 Å². The van der Waals surface area contributed by atoms with Crippen LogP contribution in [0.15, 0.2) is 36.4 Å². The zero-order valence-electron chi connectivity index (χ0n) is 12.3. The molecule has 2 amide bonds. The second kappa shape index (κ2) is 7.69. The number of thiophene rings is 1. The van der Waals surface area contributed by atoms with Crippen LogP contribution in [-0.4, -0.2) is 19.7 Å². The van der Waals surface area contributed by atoms with Gasteiger partial charge in [-0.2, -0.15) is 0 Å². The number of aryl methyl sites for hydroxylation is 1. The molecule has 0 radical (unpaired) electrons. The van der Waals surface area contributed by atoms with Gasteiger partial charge in [-0.1, -0.05) is 18.2 Å². The van der Waals surface area contributed by atoms with Gasteiger partial charge >= 0.3 is 6.03 Å². The zero-order valence-corrected chi connectivity index (χ0v) is 13.1. The van der Waals surface area contributed by atoms with Crippen LogP contribution in [0, 0.1) is 6.92 Å². The molecule has 1 heterocycles. The van der Waals surface area contributed by atoms with Crippen LogP contribution in [0.3, 0.4) is 0 Å². The highest BCUT2D eigenvalue weighted by Crippen LogP contribution is 2.17. The number of hydrogen-bond donors (Lipinski definition) is 2. The van der Waals surface area contributed by atoms with E-state index in [-0.39, 0.29) is 6.03 Å². The van der Waals surface area contributed by atoms with Crippen molar-refractivity contribution in [1.82, 2.24) is 10.6 Å². The first-order valence-electron chi connectivity index (χ1n) is 6.88. The number of amides is 2. The molecule has 0 aliphatic heterocycles. The van der Waals surface area contributed by atoms with Crippen LogP contribution < -0.4 is 15.4 Å². The lowest BCUT2D eigenvalue weighted by Crippen LogP contribution is -2.36. The Balaban J connectivity index is 1.71. The van der Waals surface area contributed by atoms with Crippen LogP contribution in [0.1, 0.15) is 15.3 Å². The minimum atomic E-state index is -0.143. The SMILES string of the molecule is COc1ccccc1CCNC(=O)NCc1ccc(C)s1. The van der Waals surface area contributed by atoms with Crippen LogP contribution in [0.25, 0.3) is 0 Å². The molecule has 0 aliphatic carbocycles. The van der Waals surface area contributed by atoms with Crippen molar-refractivity contribution < 1.29 is 9.53 Å². The van der Waals surface area contributed by atoms with Crippen molar-refractivity contribution in [3.8, 4) is 5.75 Å². The van der Waals surface area contributed by atoms with Crippen LogP contribution in [0.4, 0.5) is 4.79 Å². The van der Waals surface area contributed by atoms with Crippen molar-refractivity contribution in [3.63, 3.8) is 0 Å². The molecule has 5 heteroatoms. The number of methoxy groups -OCH3 is 1. The largest absolute Gasteiger partial charge is 0.496 e. The normalized spacial score (nSPS) is 10.2. The van der Waals surface area contributed by atoms with Gasteiger partial charge in [-0.3, -0.25) is 0 Å². The number of ether oxygens (including phenoxy) is 1. The number of hydrogen-bond acceptors (Lipinski definition) is 3. The van der Waals surface area contributed by atoms with Gasteiger partial charge in [0.25, 0.3) is 0 Å². The highest BCUT2D eigenvalue weighted by atomic mass is 32.1. The lowest BCUT2D eigenvalue weighted by molar-refractivity contribution is 0.240. The minimum absolute atomic E-state index is 0.143. The summed E-state index contributed by atoms with van der Waals surface area (Å²) in [4.78, 5) is 14.1. The first kappa shape index (κ1) is 15.4. The molecule has 1 aromatic heterocycles. The van der Waals surface area contributed by atoms with Crippen molar-refractivity contribution in [2.75, 3.05) is 13.7 Å². The number of carbonyl (C=O) groups excluding carboxylic acids is 1. The molecule has 1 aromatic carbocycles. The molecule has 0 saturated heterocycles. The van der Waals surface area contributed by atoms with E-state index in [0.717, 1.165) is 22.6 Å². The maximum atomic E-state index is 11.7. The van der Waals surface area contributed by atoms with Crippen molar-refractivity contribution in [1.29, 1.82) is 0 Å². The second-order valence-electron chi connectivity index (χ2n) is 4.68. The van der Waals surface area contributed by atoms with Gasteiger partial charge in [0.1, 0.15) is 5.75 Å². The van der Waals surface area contributed by atoms with E-state index >= 15 is 0 Å². The minimum Gasteiger partial charge on any atom is -0.496 e. The summed E-state index contributed by atoms with van der Waals surface area (Å²) in [5, 5.41) is 5.71. The molecular formula is C16H20N2O2S. The predicted octanol–water partition coefficient (Wildman–Crippen LogP) is 3.11. The summed E-state index contributed by atoms with van der Waals surface area (Å²) in [6.45, 7) is 3.20. The Hall–Kier alpha value is -2.01. The van der Waals surface area contributed by atoms with Crippen LogP contribution in [0.2, 0.25) is 0 Å². The Kier molecular flexibility index (Phi) is 5.63. The summed E-state index contributed by atoms with van der Waals surface area (Å²) in [6.07, 6.45) is 0.746. The summed E-state index contributed by atoms with van der Waals surface area (Å²) in [5.41, 5.74) is 1.09. The average molecular weight is 304 g/mol. The van der Waals surface area contributed by atoms with Gasteiger partial charge in [0.15, 0.2) is 0 Å². The lowest BCUT2D eigenvalue weighted by atomic mass is 10.1. The first-order chi connectivity index (χ1) is 10.2. The van der Waals surface area contributed by atoms with Crippen LogP contribution in [-0.2, 0) is 13.0 Å². The molecule has 2 rings (SSSR count). The summed E-state index contributed by atoms with van der Waals surface area (Å²) in [7, 11) is 1.65. The molecule has 0 unspecified atom stereocenters. The van der Waals surface area contributed by atoms with Crippen molar-refractivity contribution >= 4 is 17.4 Å². The third kappa shape index (κ3) is 4.79. The fraction of sp³-hybridized carbons (Fsp3) is 0.312. The molecule has 0 bridgehead atoms. The molecule has 0 saturated carbocycles. The Labute approximate surface area is 129 Å². The van der Waals surface area contributed by atoms with E-state index in [2.05, 4.69) is 23.6 Å². The molecule has 0 atom stereocenters. The van der Waals surface area contributed by atoms with E-state index in [1.807, 2.05) is 30.3 Å². The van der Waals surface area contributed by atoms with E-state index in [1.54, 1.807) is 18.4 Å². The summed E-state index contributed by atoms with van der Waals surface area (Å²) in [5.74, 6) is 0.855. The van der Waals surface area contributed by atoms with Crippen molar-refractivity contribution in [2.24, 2.45) is 0 Å². The Morgan fingerprint density at radius 1 is 1.19 bits per heavy atom. The third-order valence-electron chi connectivity index (χ3n) is 3.09. The summed E-state index contributed by atoms with van der Waals surface area (Å²) < 4.78 is 5.28. The standard InChI is InChI=1S/C16H20N2O2S/c1-12-7-8-14(21-12)11-18-16(19)17-10-9-13-5-3-4-6-15(13)20-2/h3-8H,9-11H2,1-2H3,(H2,17,18,19). The Morgan fingerprint density at radius 3 is 2.71 bits per heavy atom. The average Bonchev–Trinajstić information content (AvgIpc) is 2.91. The molecular weight excluding hydrogens is 284 g/mol. The molecule has 112 valence electrons. The molecule has 0 fully saturated rings. The smallest absolute Gasteiger partial charge is 0.315 e. The Morgan fingerprint density at radius 2 is 2.00 bits per heavy atom. The number of carbonyl (C=O) groups is 1. The van der Waals surface area contributed by atoms with Gasteiger partial charge in [-0.15, -0.1) is 11.3 Å². The molecule has 2 N–H and O–H groups in total. The van der Waals surface area contributed by atoms with E-state index in [1.165, 1.54) is 4.88 Å². The van der Waals surface area contributed by atoms with E-state index < -0.39 is 0 Å². The molecule has 0 aliphatic rings. The second-order valence-corrected chi connectivity index (χ2v) is 6.06. The number of urea groups is 1. The number of nitrogens with one attached hydrogen (secondary N) is 2. The summed E-state index contributed by atoms with van der Waals surface area (Å²) in [6, 6.07) is 11.8. The maximum absolute atomic E-state index is 11.7. The molecule has 4 nitrogen and oxygen atoms in total. The van der Waals surface area contributed by atoms with E-state index in [9.17, 15) is 4.79 Å². The first-order valence-corrected chi connectivity index (χ1v) is 7.69. The van der Waals surface area contributed by atoms with Crippen LogP contribution >= 0.6 is 11.3 Å². The predicted molar refractivity (Wildman–Crippen MR) is 86.0 cm³/mol. The maximum Gasteiger partial charge on any atom is 0.315 e. The van der Waals surface area contributed by atoms with Gasteiger partial charge in [0.2, 0.25) is 0 Å². The zero-order chi connectivity index (χ0) is 15.1. The highest BCUT2D eigenvalue weighted by molar-refractivity contribution is 7.11. The lowest BCUT2D eigenvalue weighted by Gasteiger charge is -2.09. The van der Waals surface area contributed by atoms with Gasteiger partial charge < -0.3 is 15.4 Å². The van der Waals surface area contributed by atoms with Crippen molar-refractivity contribution in [3.05, 3.63) is 51.7 Å². The Bertz CT molecular complexity index is 595. The van der Waals surface area contributed by atoms with Gasteiger partial charge in [-0.25, -0.2) is 4.79 Å². The monoisotopic (exact) mass is 304 g/mol. The highest BCUT2D eigenvalue weighted by Gasteiger charge is 2.04. The van der Waals surface area contributed by atoms with E-state index in [0.29, 0.717) is 13.1 Å². The quantitative estimate of drug-likeness (QED) is 0.861. The molecule has 2 aromatic rings. The van der Waals surface area contributed by atoms with Gasteiger partial charge in [-0.05, 0) is 37.1 Å². The van der Waals surface area contributed by atoms with Gasteiger partial charge in [0.05, 0.1) is 13.7 Å². The molecule has 21 heavy (non-hydrogen) atoms. The fourth-order valence-corrected chi connectivity index (χ4v) is 2.86. The number of rotatable bonds is 6. The number of para-hydroxylation sites is 1. The van der Waals surface area contributed by atoms with E-state index in [4.69, 9.17) is 4.74 Å². The summed E-state index contributed by atoms with van der Waals surface area (Å²) >= 11 is 1.70. The van der Waals surface area contributed by atoms with Gasteiger partial charge in [0, 0.05) is 16.3 Å². The van der Waals surface area contributed by atoms with Crippen LogP contribution in [0.5, 0.6) is 5.75 Å². The fourth-order valence-electron chi connectivity index (χ4n) is 2.03. The third-order valence-corrected chi connectivity index (χ3v) is 4.09. The molecule has 0 spiro atoms. The number of benzene rings is 1. The van der Waals surface area contributed by atoms with Crippen molar-refractivity contribution in [2.45, 2.75) is 19.9 Å².